The number of hydrogen-bond acceptors (Lipinski definition) is 4. The minimum absolute atomic E-state index is 0.227. The number of halogens is 1. The van der Waals surface area contributed by atoms with Gasteiger partial charge in [-0.3, -0.25) is 4.79 Å². The van der Waals surface area contributed by atoms with Crippen LogP contribution < -0.4 is 11.5 Å². The molecule has 1 atom stereocenters. The molecule has 1 unspecified atom stereocenters. The molecule has 1 rings (SSSR count). The molecule has 0 aromatic heterocycles. The second kappa shape index (κ2) is 5.29. The van der Waals surface area contributed by atoms with Crippen LogP contribution in [-0.4, -0.2) is 18.0 Å². The van der Waals surface area contributed by atoms with Gasteiger partial charge in [0.15, 0.2) is 6.10 Å². The van der Waals surface area contributed by atoms with Gasteiger partial charge in [0.1, 0.15) is 5.82 Å². The lowest BCUT2D eigenvalue weighted by molar-refractivity contribution is -0.126. The van der Waals surface area contributed by atoms with Gasteiger partial charge >= 0.3 is 5.97 Å². The van der Waals surface area contributed by atoms with Gasteiger partial charge in [0, 0.05) is 5.69 Å². The highest BCUT2D eigenvalue weighted by atomic mass is 19.1. The normalized spacial score (nSPS) is 11.9. The largest absolute Gasteiger partial charge is 0.449 e. The number of carbonyl (C=O) groups excluding carboxylic acids is 2. The van der Waals surface area contributed by atoms with Crippen molar-refractivity contribution in [2.75, 3.05) is 5.73 Å². The van der Waals surface area contributed by atoms with E-state index in [0.29, 0.717) is 0 Å². The van der Waals surface area contributed by atoms with Crippen LogP contribution in [0.25, 0.3) is 0 Å². The standard InChI is InChI=1S/C11H13FN2O3/c1-2-9(10(14)15)17-11(16)7-5-6(13)3-4-8(7)12/h3-5,9H,2,13H2,1H3,(H2,14,15). The fraction of sp³-hybridized carbons (Fsp3) is 0.273. The highest BCUT2D eigenvalue weighted by Gasteiger charge is 2.21. The Balaban J connectivity index is 2.89. The van der Waals surface area contributed by atoms with Gasteiger partial charge in [0.05, 0.1) is 5.56 Å². The van der Waals surface area contributed by atoms with Crippen LogP contribution in [0.15, 0.2) is 18.2 Å². The molecule has 0 radical (unpaired) electrons. The number of primary amides is 1. The molecule has 0 saturated heterocycles. The van der Waals surface area contributed by atoms with Crippen LogP contribution in [0.2, 0.25) is 0 Å². The Hall–Kier alpha value is -2.11. The van der Waals surface area contributed by atoms with E-state index in [4.69, 9.17) is 16.2 Å². The Morgan fingerprint density at radius 2 is 2.12 bits per heavy atom. The van der Waals surface area contributed by atoms with Gasteiger partial charge in [-0.05, 0) is 24.6 Å². The van der Waals surface area contributed by atoms with Crippen LogP contribution in [0, 0.1) is 5.82 Å². The molecule has 0 aliphatic rings. The van der Waals surface area contributed by atoms with Crippen LogP contribution in [0.5, 0.6) is 0 Å². The molecular formula is C11H13FN2O3. The molecule has 1 amide bonds. The minimum Gasteiger partial charge on any atom is -0.449 e. The van der Waals surface area contributed by atoms with Gasteiger partial charge in [0.2, 0.25) is 0 Å². The third kappa shape index (κ3) is 3.17. The molecule has 5 nitrogen and oxygen atoms in total. The van der Waals surface area contributed by atoms with E-state index in [-0.39, 0.29) is 17.7 Å². The number of amides is 1. The zero-order chi connectivity index (χ0) is 13.0. The zero-order valence-corrected chi connectivity index (χ0v) is 9.27. The summed E-state index contributed by atoms with van der Waals surface area (Å²) in [6.45, 7) is 1.62. The molecule has 1 aromatic carbocycles. The molecule has 1 aromatic rings. The monoisotopic (exact) mass is 240 g/mol. The molecule has 0 bridgehead atoms. The SMILES string of the molecule is CCC(OC(=O)c1cc(N)ccc1F)C(N)=O. The van der Waals surface area contributed by atoms with E-state index in [1.54, 1.807) is 6.92 Å². The van der Waals surface area contributed by atoms with E-state index < -0.39 is 23.8 Å². The molecule has 0 aliphatic heterocycles. The number of hydrogen-bond donors (Lipinski definition) is 2. The lowest BCUT2D eigenvalue weighted by atomic mass is 10.2. The number of rotatable bonds is 4. The molecule has 0 heterocycles. The Labute approximate surface area is 97.5 Å². The van der Waals surface area contributed by atoms with Crippen LogP contribution in [-0.2, 0) is 9.53 Å². The molecule has 0 aliphatic carbocycles. The Morgan fingerprint density at radius 1 is 1.47 bits per heavy atom. The highest BCUT2D eigenvalue weighted by Crippen LogP contribution is 2.14. The van der Waals surface area contributed by atoms with Crippen molar-refractivity contribution >= 4 is 17.6 Å². The van der Waals surface area contributed by atoms with E-state index in [0.717, 1.165) is 12.1 Å². The second-order valence-corrected chi connectivity index (χ2v) is 3.44. The number of carbonyl (C=O) groups is 2. The summed E-state index contributed by atoms with van der Waals surface area (Å²) in [4.78, 5) is 22.4. The summed E-state index contributed by atoms with van der Waals surface area (Å²) in [6.07, 6.45) is -0.839. The lowest BCUT2D eigenvalue weighted by Gasteiger charge is -2.12. The maximum Gasteiger partial charge on any atom is 0.341 e. The highest BCUT2D eigenvalue weighted by molar-refractivity contribution is 5.93. The van der Waals surface area contributed by atoms with Gasteiger partial charge in [-0.1, -0.05) is 6.92 Å². The number of nitrogens with two attached hydrogens (primary N) is 2. The van der Waals surface area contributed by atoms with E-state index in [1.807, 2.05) is 0 Å². The van der Waals surface area contributed by atoms with E-state index in [9.17, 15) is 14.0 Å². The summed E-state index contributed by atoms with van der Waals surface area (Å²) >= 11 is 0. The summed E-state index contributed by atoms with van der Waals surface area (Å²) in [5.41, 5.74) is 10.3. The smallest absolute Gasteiger partial charge is 0.341 e. The fourth-order valence-electron chi connectivity index (χ4n) is 1.23. The lowest BCUT2D eigenvalue weighted by Crippen LogP contribution is -2.32. The maximum atomic E-state index is 13.3. The zero-order valence-electron chi connectivity index (χ0n) is 9.27. The number of ether oxygens (including phenoxy) is 1. The van der Waals surface area contributed by atoms with Crippen LogP contribution in [0.1, 0.15) is 23.7 Å². The van der Waals surface area contributed by atoms with Gasteiger partial charge in [0.25, 0.3) is 5.91 Å². The van der Waals surface area contributed by atoms with Crippen LogP contribution in [0.4, 0.5) is 10.1 Å². The average Bonchev–Trinajstić information content (AvgIpc) is 2.28. The number of esters is 1. The molecule has 0 saturated carbocycles. The summed E-state index contributed by atoms with van der Waals surface area (Å²) in [6, 6.07) is 3.51. The first-order valence-corrected chi connectivity index (χ1v) is 5.01. The van der Waals surface area contributed by atoms with Gasteiger partial charge < -0.3 is 16.2 Å². The Bertz CT molecular complexity index is 448. The molecule has 4 N–H and O–H groups in total. The van der Waals surface area contributed by atoms with Crippen molar-refractivity contribution in [2.24, 2.45) is 5.73 Å². The van der Waals surface area contributed by atoms with Crippen molar-refractivity contribution in [3.63, 3.8) is 0 Å². The van der Waals surface area contributed by atoms with Gasteiger partial charge in [-0.15, -0.1) is 0 Å². The van der Waals surface area contributed by atoms with Crippen LogP contribution in [0.3, 0.4) is 0 Å². The molecule has 6 heteroatoms. The third-order valence-electron chi connectivity index (χ3n) is 2.15. The van der Waals surface area contributed by atoms with Crippen molar-refractivity contribution in [3.05, 3.63) is 29.6 Å². The van der Waals surface area contributed by atoms with Crippen LogP contribution >= 0.6 is 0 Å². The van der Waals surface area contributed by atoms with Gasteiger partial charge in [-0.2, -0.15) is 0 Å². The van der Waals surface area contributed by atoms with E-state index in [2.05, 4.69) is 0 Å². The predicted octanol–water partition coefficient (Wildman–Crippen LogP) is 0.829. The van der Waals surface area contributed by atoms with E-state index in [1.165, 1.54) is 6.07 Å². The van der Waals surface area contributed by atoms with Crippen molar-refractivity contribution in [3.8, 4) is 0 Å². The molecular weight excluding hydrogens is 227 g/mol. The summed E-state index contributed by atoms with van der Waals surface area (Å²) < 4.78 is 18.1. The average molecular weight is 240 g/mol. The van der Waals surface area contributed by atoms with Crippen molar-refractivity contribution in [1.82, 2.24) is 0 Å². The third-order valence-corrected chi connectivity index (χ3v) is 2.15. The summed E-state index contributed by atoms with van der Waals surface area (Å²) in [7, 11) is 0. The Kier molecular flexibility index (Phi) is 4.03. The predicted molar refractivity (Wildman–Crippen MR) is 59.5 cm³/mol. The molecule has 0 spiro atoms. The fourth-order valence-corrected chi connectivity index (χ4v) is 1.23. The summed E-state index contributed by atoms with van der Waals surface area (Å²) in [5.74, 6) is -2.49. The topological polar surface area (TPSA) is 95.4 Å². The second-order valence-electron chi connectivity index (χ2n) is 3.44. The van der Waals surface area contributed by atoms with Crippen molar-refractivity contribution < 1.29 is 18.7 Å². The first-order chi connectivity index (χ1) is 7.95. The minimum atomic E-state index is -1.07. The van der Waals surface area contributed by atoms with Crippen molar-refractivity contribution in [2.45, 2.75) is 19.4 Å². The Morgan fingerprint density at radius 3 is 2.65 bits per heavy atom. The first-order valence-electron chi connectivity index (χ1n) is 5.01. The number of anilines is 1. The first kappa shape index (κ1) is 13.0. The molecule has 0 fully saturated rings. The number of benzene rings is 1. The van der Waals surface area contributed by atoms with Crippen molar-refractivity contribution in [1.29, 1.82) is 0 Å². The summed E-state index contributed by atoms with van der Waals surface area (Å²) in [5, 5.41) is 0. The van der Waals surface area contributed by atoms with E-state index >= 15 is 0 Å². The molecule has 17 heavy (non-hydrogen) atoms. The molecule has 92 valence electrons. The number of nitrogen functional groups attached to an aromatic ring is 1. The maximum absolute atomic E-state index is 13.3. The quantitative estimate of drug-likeness (QED) is 0.601. The van der Waals surface area contributed by atoms with Gasteiger partial charge in [-0.25, -0.2) is 9.18 Å².